The largest absolute Gasteiger partial charge is 0.461 e. The number of allylic oxidation sites excluding steroid dienone is 1. The Bertz CT molecular complexity index is 477. The zero-order valence-corrected chi connectivity index (χ0v) is 14.6. The highest BCUT2D eigenvalue weighted by molar-refractivity contribution is 5.66. The summed E-state index contributed by atoms with van der Waals surface area (Å²) in [5.41, 5.74) is 1.40. The van der Waals surface area contributed by atoms with Gasteiger partial charge in [-0.2, -0.15) is 0 Å². The molecule has 4 heteroatoms. The molecule has 0 amide bonds. The standard InChI is InChI=1S/C19H28O4/c1-5-6-7-8-9-10-12-19(13-11-14-22-17(3)20)16(2)15-23-18(4)21/h12H,2,5-10,14-15H2,1,3-4H3. The molecule has 4 nitrogen and oxygen atoms in total. The fourth-order valence-corrected chi connectivity index (χ4v) is 1.81. The van der Waals surface area contributed by atoms with Crippen LogP contribution in [0.2, 0.25) is 0 Å². The minimum atomic E-state index is -0.362. The van der Waals surface area contributed by atoms with Crippen molar-refractivity contribution in [3.63, 3.8) is 0 Å². The van der Waals surface area contributed by atoms with Gasteiger partial charge in [-0.1, -0.05) is 57.1 Å². The van der Waals surface area contributed by atoms with E-state index in [1.807, 2.05) is 6.08 Å². The summed E-state index contributed by atoms with van der Waals surface area (Å²) in [7, 11) is 0. The van der Waals surface area contributed by atoms with Crippen LogP contribution in [-0.4, -0.2) is 25.2 Å². The molecule has 0 radical (unpaired) electrons. The molecule has 0 atom stereocenters. The molecule has 0 heterocycles. The van der Waals surface area contributed by atoms with Gasteiger partial charge in [0.2, 0.25) is 0 Å². The lowest BCUT2D eigenvalue weighted by molar-refractivity contribution is -0.140. The molecule has 0 aromatic heterocycles. The Morgan fingerprint density at radius 2 is 1.70 bits per heavy atom. The van der Waals surface area contributed by atoms with Gasteiger partial charge in [0.05, 0.1) is 0 Å². The molecule has 0 rings (SSSR count). The van der Waals surface area contributed by atoms with Gasteiger partial charge in [-0.15, -0.1) is 0 Å². The molecule has 0 bridgehead atoms. The molecular weight excluding hydrogens is 292 g/mol. The molecule has 0 spiro atoms. The minimum Gasteiger partial charge on any atom is -0.461 e. The summed E-state index contributed by atoms with van der Waals surface area (Å²) in [6.07, 6.45) is 8.93. The lowest BCUT2D eigenvalue weighted by atomic mass is 10.0. The van der Waals surface area contributed by atoms with Crippen LogP contribution >= 0.6 is 0 Å². The van der Waals surface area contributed by atoms with Crippen molar-refractivity contribution in [2.24, 2.45) is 0 Å². The second-order valence-electron chi connectivity index (χ2n) is 5.29. The first-order valence-corrected chi connectivity index (χ1v) is 8.11. The topological polar surface area (TPSA) is 52.6 Å². The Hall–Kier alpha value is -2.02. The van der Waals surface area contributed by atoms with E-state index >= 15 is 0 Å². The van der Waals surface area contributed by atoms with Crippen LogP contribution in [0.25, 0.3) is 0 Å². The molecule has 0 aliphatic heterocycles. The third kappa shape index (κ3) is 13.4. The number of ether oxygens (including phenoxy) is 2. The van der Waals surface area contributed by atoms with E-state index in [0.717, 1.165) is 18.4 Å². The van der Waals surface area contributed by atoms with E-state index < -0.39 is 0 Å². The molecule has 0 saturated carbocycles. The van der Waals surface area contributed by atoms with Crippen LogP contribution in [0.3, 0.4) is 0 Å². The van der Waals surface area contributed by atoms with Crippen LogP contribution in [0.15, 0.2) is 23.8 Å². The van der Waals surface area contributed by atoms with Crippen LogP contribution in [0.5, 0.6) is 0 Å². The van der Waals surface area contributed by atoms with Gasteiger partial charge in [-0.05, 0) is 18.4 Å². The van der Waals surface area contributed by atoms with Gasteiger partial charge in [0.1, 0.15) is 6.61 Å². The van der Waals surface area contributed by atoms with Gasteiger partial charge in [0.15, 0.2) is 6.61 Å². The number of rotatable bonds is 10. The number of carbonyl (C=O) groups excluding carboxylic acids is 2. The van der Waals surface area contributed by atoms with Crippen LogP contribution in [-0.2, 0) is 19.1 Å². The van der Waals surface area contributed by atoms with Gasteiger partial charge >= 0.3 is 11.9 Å². The maximum absolute atomic E-state index is 10.9. The van der Waals surface area contributed by atoms with Crippen LogP contribution in [0.1, 0.15) is 59.3 Å². The molecule has 0 aliphatic carbocycles. The quantitative estimate of drug-likeness (QED) is 0.265. The number of hydrogen-bond donors (Lipinski definition) is 0. The third-order valence-corrected chi connectivity index (χ3v) is 3.06. The summed E-state index contributed by atoms with van der Waals surface area (Å²) in [5.74, 6) is 5.02. The Morgan fingerprint density at radius 3 is 2.30 bits per heavy atom. The van der Waals surface area contributed by atoms with Crippen molar-refractivity contribution < 1.29 is 19.1 Å². The molecule has 0 aromatic rings. The second kappa shape index (κ2) is 13.6. The first-order valence-electron chi connectivity index (χ1n) is 8.11. The average molecular weight is 320 g/mol. The van der Waals surface area contributed by atoms with Crippen LogP contribution < -0.4 is 0 Å². The second-order valence-corrected chi connectivity index (χ2v) is 5.29. The van der Waals surface area contributed by atoms with Crippen molar-refractivity contribution in [1.82, 2.24) is 0 Å². The highest BCUT2D eigenvalue weighted by atomic mass is 16.5. The molecule has 0 saturated heterocycles. The molecule has 128 valence electrons. The SMILES string of the molecule is C=C(COC(C)=O)C(C#CCOC(C)=O)=CCCCCCCC. The fraction of sp³-hybridized carbons (Fsp3) is 0.579. The van der Waals surface area contributed by atoms with Gasteiger partial charge < -0.3 is 9.47 Å². The smallest absolute Gasteiger partial charge is 0.303 e. The number of hydrogen-bond acceptors (Lipinski definition) is 4. The number of carbonyl (C=O) groups is 2. The Labute approximate surface area is 139 Å². The fourth-order valence-electron chi connectivity index (χ4n) is 1.81. The van der Waals surface area contributed by atoms with E-state index in [-0.39, 0.29) is 25.2 Å². The minimum absolute atomic E-state index is 0.0457. The number of esters is 2. The summed E-state index contributed by atoms with van der Waals surface area (Å²) in [6, 6.07) is 0. The van der Waals surface area contributed by atoms with Crippen LogP contribution in [0, 0.1) is 11.8 Å². The van der Waals surface area contributed by atoms with Crippen molar-refractivity contribution in [3.8, 4) is 11.8 Å². The Kier molecular flexibility index (Phi) is 12.4. The van der Waals surface area contributed by atoms with E-state index in [0.29, 0.717) is 5.57 Å². The molecule has 0 aromatic carbocycles. The van der Waals surface area contributed by atoms with E-state index in [1.54, 1.807) is 0 Å². The predicted molar refractivity (Wildman–Crippen MR) is 91.6 cm³/mol. The normalized spacial score (nSPS) is 10.5. The van der Waals surface area contributed by atoms with E-state index in [9.17, 15) is 9.59 Å². The highest BCUT2D eigenvalue weighted by Gasteiger charge is 2.02. The van der Waals surface area contributed by atoms with Crippen LogP contribution in [0.4, 0.5) is 0 Å². The summed E-state index contributed by atoms with van der Waals surface area (Å²) in [6.45, 7) is 8.97. The van der Waals surface area contributed by atoms with Gasteiger partial charge in [0.25, 0.3) is 0 Å². The van der Waals surface area contributed by atoms with E-state index in [4.69, 9.17) is 9.47 Å². The van der Waals surface area contributed by atoms with Gasteiger partial charge in [-0.3, -0.25) is 9.59 Å². The first kappa shape index (κ1) is 21.0. The van der Waals surface area contributed by atoms with Crippen molar-refractivity contribution in [2.45, 2.75) is 59.3 Å². The zero-order chi connectivity index (χ0) is 17.5. The average Bonchev–Trinajstić information content (AvgIpc) is 2.49. The molecule has 0 aliphatic rings. The first-order chi connectivity index (χ1) is 11.0. The molecule has 0 fully saturated rings. The lowest BCUT2D eigenvalue weighted by Gasteiger charge is -2.06. The molecule has 0 unspecified atom stereocenters. The van der Waals surface area contributed by atoms with E-state index in [2.05, 4.69) is 25.3 Å². The maximum Gasteiger partial charge on any atom is 0.303 e. The van der Waals surface area contributed by atoms with Gasteiger partial charge in [0, 0.05) is 19.4 Å². The Morgan fingerprint density at radius 1 is 1.04 bits per heavy atom. The zero-order valence-electron chi connectivity index (χ0n) is 14.6. The number of unbranched alkanes of at least 4 members (excludes halogenated alkanes) is 5. The van der Waals surface area contributed by atoms with Crippen molar-refractivity contribution >= 4 is 11.9 Å². The third-order valence-electron chi connectivity index (χ3n) is 3.06. The summed E-state index contributed by atoms with van der Waals surface area (Å²) in [5, 5.41) is 0. The summed E-state index contributed by atoms with van der Waals surface area (Å²) in [4.78, 5) is 21.6. The maximum atomic E-state index is 10.9. The van der Waals surface area contributed by atoms with Gasteiger partial charge in [-0.25, -0.2) is 0 Å². The highest BCUT2D eigenvalue weighted by Crippen LogP contribution is 2.12. The Balaban J connectivity index is 4.54. The molecule has 23 heavy (non-hydrogen) atoms. The molecular formula is C19H28O4. The van der Waals surface area contributed by atoms with Crippen molar-refractivity contribution in [3.05, 3.63) is 23.8 Å². The molecule has 0 N–H and O–H groups in total. The van der Waals surface area contributed by atoms with E-state index in [1.165, 1.54) is 39.5 Å². The predicted octanol–water partition coefficient (Wildman–Crippen LogP) is 3.96. The van der Waals surface area contributed by atoms with Crippen molar-refractivity contribution in [1.29, 1.82) is 0 Å². The monoisotopic (exact) mass is 320 g/mol. The summed E-state index contributed by atoms with van der Waals surface area (Å²) < 4.78 is 9.74. The summed E-state index contributed by atoms with van der Waals surface area (Å²) >= 11 is 0. The van der Waals surface area contributed by atoms with Crippen molar-refractivity contribution in [2.75, 3.05) is 13.2 Å². The lowest BCUT2D eigenvalue weighted by Crippen LogP contribution is -2.04.